The number of carbonyl (C=O) groups is 2. The van der Waals surface area contributed by atoms with E-state index in [1.165, 1.54) is 7.11 Å². The molecule has 0 saturated carbocycles. The van der Waals surface area contributed by atoms with Crippen molar-refractivity contribution in [3.05, 3.63) is 53.6 Å². The van der Waals surface area contributed by atoms with Crippen LogP contribution in [0.4, 0.5) is 0 Å². The van der Waals surface area contributed by atoms with Crippen molar-refractivity contribution in [3.8, 4) is 17.2 Å². The molecule has 0 saturated heterocycles. The van der Waals surface area contributed by atoms with Crippen LogP contribution >= 0.6 is 0 Å². The molecule has 4 bridgehead atoms. The molecule has 6 heteroatoms. The molecule has 0 atom stereocenters. The molecule has 2 aliphatic rings. The maximum atomic E-state index is 11.8. The second kappa shape index (κ2) is 10.1. The largest absolute Gasteiger partial charge is 0.493 e. The number of carbonyl (C=O) groups excluding carboxylic acids is 2. The summed E-state index contributed by atoms with van der Waals surface area (Å²) in [6, 6.07) is 13.7. The monoisotopic (exact) mass is 357 g/mol. The minimum atomic E-state index is 0.0890. The van der Waals surface area contributed by atoms with Crippen LogP contribution in [0.3, 0.4) is 0 Å². The minimum Gasteiger partial charge on any atom is -0.493 e. The normalized spacial score (nSPS) is 13.2. The molecule has 26 heavy (non-hydrogen) atoms. The fourth-order valence-corrected chi connectivity index (χ4v) is 2.50. The summed E-state index contributed by atoms with van der Waals surface area (Å²) in [5.74, 6) is 2.24. The molecule has 0 unspecified atom stereocenters. The lowest BCUT2D eigenvalue weighted by molar-refractivity contribution is -0.126. The Labute approximate surface area is 153 Å². The van der Waals surface area contributed by atoms with Crippen LogP contribution < -0.4 is 14.8 Å². The summed E-state index contributed by atoms with van der Waals surface area (Å²) in [5.41, 5.74) is 2.23. The Bertz CT molecular complexity index is 727. The Morgan fingerprint density at radius 2 is 1.69 bits per heavy atom. The third-order valence-corrected chi connectivity index (χ3v) is 3.85. The Hall–Kier alpha value is -3.02. The van der Waals surface area contributed by atoms with Crippen molar-refractivity contribution in [2.24, 2.45) is 0 Å². The molecule has 0 aliphatic carbocycles. The summed E-state index contributed by atoms with van der Waals surface area (Å²) < 4.78 is 15.2. The van der Waals surface area contributed by atoms with Crippen LogP contribution in [0, 0.1) is 0 Å². The zero-order valence-electron chi connectivity index (χ0n) is 15.0. The lowest BCUT2D eigenvalue weighted by atomic mass is 10.1. The van der Waals surface area contributed by atoms with Crippen molar-refractivity contribution in [1.82, 2.24) is 5.32 Å². The Morgan fingerprint density at radius 3 is 2.35 bits per heavy atom. The Balaban J connectivity index is 0.000000552. The van der Waals surface area contributed by atoms with E-state index in [1.54, 1.807) is 7.11 Å². The molecule has 1 N–H and O–H groups in total. The fraction of sp³-hybridized carbons (Fsp3) is 0.300. The second-order valence-corrected chi connectivity index (χ2v) is 5.66. The van der Waals surface area contributed by atoms with E-state index >= 15 is 0 Å². The van der Waals surface area contributed by atoms with Gasteiger partial charge in [-0.2, -0.15) is 0 Å². The summed E-state index contributed by atoms with van der Waals surface area (Å²) in [7, 11) is 2.94. The molecular weight excluding hydrogens is 334 g/mol. The van der Waals surface area contributed by atoms with Crippen molar-refractivity contribution in [3.63, 3.8) is 0 Å². The standard InChI is InChI=1S/C18H19NO3.C2H4O2/c1-21-16-8-4-14-10-11-19-18(20)9-5-13-2-6-15(7-3-13)22-17(16)12-14;1-4-2-3/h2-4,6-8,12H,5,9-11H2,1H3,(H,19,20);2H,1H3. The number of fused-ring (bicyclic) bond motifs is 7. The zero-order chi connectivity index (χ0) is 18.8. The smallest absolute Gasteiger partial charge is 0.292 e. The highest BCUT2D eigenvalue weighted by atomic mass is 16.5. The first kappa shape index (κ1) is 19.3. The van der Waals surface area contributed by atoms with Crippen molar-refractivity contribution >= 4 is 12.4 Å². The Morgan fingerprint density at radius 1 is 1.00 bits per heavy atom. The number of amides is 1. The first-order valence-corrected chi connectivity index (χ1v) is 8.33. The fourth-order valence-electron chi connectivity index (χ4n) is 2.50. The summed E-state index contributed by atoms with van der Waals surface area (Å²) in [6.07, 6.45) is 2.01. The van der Waals surface area contributed by atoms with Gasteiger partial charge in [0.1, 0.15) is 5.75 Å². The van der Waals surface area contributed by atoms with Gasteiger partial charge in [-0.05, 0) is 48.2 Å². The van der Waals surface area contributed by atoms with Gasteiger partial charge in [0.25, 0.3) is 6.47 Å². The minimum absolute atomic E-state index is 0.0890. The first-order chi connectivity index (χ1) is 12.7. The average Bonchev–Trinajstić information content (AvgIpc) is 2.67. The van der Waals surface area contributed by atoms with E-state index in [2.05, 4.69) is 10.1 Å². The van der Waals surface area contributed by atoms with Crippen LogP contribution in [0.2, 0.25) is 0 Å². The number of rotatable bonds is 2. The third kappa shape index (κ3) is 5.81. The number of benzene rings is 2. The molecule has 1 amide bonds. The number of nitrogens with one attached hydrogen (secondary N) is 1. The molecule has 4 rings (SSSR count). The van der Waals surface area contributed by atoms with Gasteiger partial charge in [-0.1, -0.05) is 18.2 Å². The summed E-state index contributed by atoms with van der Waals surface area (Å²) in [5, 5.41) is 2.95. The molecular formula is C20H23NO5. The van der Waals surface area contributed by atoms with Crippen LogP contribution in [0.1, 0.15) is 17.5 Å². The van der Waals surface area contributed by atoms with Crippen LogP contribution in [0.5, 0.6) is 17.2 Å². The molecule has 6 nitrogen and oxygen atoms in total. The van der Waals surface area contributed by atoms with Crippen molar-refractivity contribution in [1.29, 1.82) is 0 Å². The molecule has 0 radical (unpaired) electrons. The molecule has 138 valence electrons. The van der Waals surface area contributed by atoms with E-state index in [0.717, 1.165) is 29.7 Å². The van der Waals surface area contributed by atoms with Gasteiger partial charge in [0.05, 0.1) is 14.2 Å². The van der Waals surface area contributed by atoms with E-state index < -0.39 is 0 Å². The number of hydrogen-bond acceptors (Lipinski definition) is 5. The second-order valence-electron chi connectivity index (χ2n) is 5.66. The van der Waals surface area contributed by atoms with E-state index in [0.29, 0.717) is 30.9 Å². The maximum absolute atomic E-state index is 11.8. The number of aryl methyl sites for hydroxylation is 1. The van der Waals surface area contributed by atoms with Crippen LogP contribution in [0.15, 0.2) is 42.5 Å². The molecule has 2 aromatic rings. The highest BCUT2D eigenvalue weighted by molar-refractivity contribution is 5.76. The van der Waals surface area contributed by atoms with Gasteiger partial charge >= 0.3 is 0 Å². The van der Waals surface area contributed by atoms with Gasteiger partial charge in [-0.15, -0.1) is 0 Å². The molecule has 0 fully saturated rings. The predicted molar refractivity (Wildman–Crippen MR) is 97.6 cm³/mol. The van der Waals surface area contributed by atoms with Crippen LogP contribution in [0.25, 0.3) is 0 Å². The third-order valence-electron chi connectivity index (χ3n) is 3.85. The number of ether oxygens (including phenoxy) is 3. The molecule has 2 aliphatic heterocycles. The van der Waals surface area contributed by atoms with E-state index in [4.69, 9.17) is 14.3 Å². The quantitative estimate of drug-likeness (QED) is 0.837. The molecule has 2 aromatic carbocycles. The predicted octanol–water partition coefficient (Wildman–Crippen LogP) is 2.88. The van der Waals surface area contributed by atoms with Crippen molar-refractivity contribution < 1.29 is 23.8 Å². The molecule has 0 aromatic heterocycles. The van der Waals surface area contributed by atoms with Gasteiger partial charge in [-0.25, -0.2) is 0 Å². The summed E-state index contributed by atoms with van der Waals surface area (Å²) in [4.78, 5) is 20.8. The Kier molecular flexibility index (Phi) is 7.49. The van der Waals surface area contributed by atoms with Crippen LogP contribution in [-0.4, -0.2) is 33.1 Å². The van der Waals surface area contributed by atoms with Gasteiger partial charge in [0, 0.05) is 13.0 Å². The molecule has 0 spiro atoms. The molecule has 2 heterocycles. The summed E-state index contributed by atoms with van der Waals surface area (Å²) in [6.45, 7) is 1.00. The highest BCUT2D eigenvalue weighted by Gasteiger charge is 2.09. The first-order valence-electron chi connectivity index (χ1n) is 8.33. The van der Waals surface area contributed by atoms with Crippen molar-refractivity contribution in [2.75, 3.05) is 20.8 Å². The van der Waals surface area contributed by atoms with E-state index in [1.807, 2.05) is 42.5 Å². The highest BCUT2D eigenvalue weighted by Crippen LogP contribution is 2.32. The maximum Gasteiger partial charge on any atom is 0.292 e. The topological polar surface area (TPSA) is 73.9 Å². The number of methoxy groups -OCH3 is 2. The van der Waals surface area contributed by atoms with Crippen LogP contribution in [-0.2, 0) is 27.2 Å². The SMILES string of the molecule is COC=O.COc1ccc2cc1Oc1ccc(cc1)CCC(=O)NCC2. The number of hydrogen-bond donors (Lipinski definition) is 1. The van der Waals surface area contributed by atoms with Crippen molar-refractivity contribution in [2.45, 2.75) is 19.3 Å². The lowest BCUT2D eigenvalue weighted by Gasteiger charge is -2.14. The van der Waals surface area contributed by atoms with E-state index in [9.17, 15) is 4.79 Å². The lowest BCUT2D eigenvalue weighted by Crippen LogP contribution is -2.25. The van der Waals surface area contributed by atoms with Gasteiger partial charge in [0.15, 0.2) is 11.5 Å². The summed E-state index contributed by atoms with van der Waals surface area (Å²) >= 11 is 0. The van der Waals surface area contributed by atoms with Gasteiger partial charge < -0.3 is 19.5 Å². The van der Waals surface area contributed by atoms with E-state index in [-0.39, 0.29) is 5.91 Å². The zero-order valence-corrected chi connectivity index (χ0v) is 15.0. The average molecular weight is 357 g/mol. The van der Waals surface area contributed by atoms with Gasteiger partial charge in [0.2, 0.25) is 5.91 Å². The van der Waals surface area contributed by atoms with Gasteiger partial charge in [-0.3, -0.25) is 9.59 Å².